The van der Waals surface area contributed by atoms with Crippen LogP contribution in [0.15, 0.2) is 79.1 Å². The Labute approximate surface area is 242 Å². The summed E-state index contributed by atoms with van der Waals surface area (Å²) in [6.07, 6.45) is 4.84. The van der Waals surface area contributed by atoms with Gasteiger partial charge in [0.15, 0.2) is 0 Å². The van der Waals surface area contributed by atoms with Crippen molar-refractivity contribution in [3.05, 3.63) is 102 Å². The van der Waals surface area contributed by atoms with Gasteiger partial charge in [0.25, 0.3) is 5.91 Å². The maximum absolute atomic E-state index is 13.5. The minimum Gasteiger partial charge on any atom is -0.348 e. The lowest BCUT2D eigenvalue weighted by Crippen LogP contribution is -2.47. The summed E-state index contributed by atoms with van der Waals surface area (Å²) in [5, 5.41) is 15.2. The molecule has 4 aromatic rings. The van der Waals surface area contributed by atoms with Crippen LogP contribution >= 0.6 is 0 Å². The molecule has 5 N–H and O–H groups in total. The Morgan fingerprint density at radius 1 is 0.878 bits per heavy atom. The van der Waals surface area contributed by atoms with Crippen molar-refractivity contribution in [3.63, 3.8) is 0 Å². The Kier molecular flexibility index (Phi) is 11.0. The summed E-state index contributed by atoms with van der Waals surface area (Å²) < 4.78 is 0. The van der Waals surface area contributed by atoms with Crippen LogP contribution in [0.2, 0.25) is 0 Å². The summed E-state index contributed by atoms with van der Waals surface area (Å²) in [4.78, 5) is 34.0. The van der Waals surface area contributed by atoms with Crippen molar-refractivity contribution in [2.75, 3.05) is 13.1 Å². The highest BCUT2D eigenvalue weighted by atomic mass is 16.2. The first kappa shape index (κ1) is 30.0. The number of imidazole rings is 1. The normalized spacial score (nSPS) is 12.8. The molecule has 0 bridgehead atoms. The van der Waals surface area contributed by atoms with E-state index in [0.29, 0.717) is 31.0 Å². The van der Waals surface area contributed by atoms with Gasteiger partial charge in [-0.1, -0.05) is 68.4 Å². The van der Waals surface area contributed by atoms with Gasteiger partial charge in [0.2, 0.25) is 5.91 Å². The van der Waals surface area contributed by atoms with Crippen LogP contribution in [-0.2, 0) is 17.9 Å². The zero-order valence-corrected chi connectivity index (χ0v) is 24.2. The molecule has 2 amide bonds. The van der Waals surface area contributed by atoms with Crippen LogP contribution in [0.4, 0.5) is 0 Å². The Morgan fingerprint density at radius 3 is 2.41 bits per heavy atom. The van der Waals surface area contributed by atoms with E-state index < -0.39 is 6.04 Å². The van der Waals surface area contributed by atoms with E-state index >= 15 is 0 Å². The van der Waals surface area contributed by atoms with Crippen molar-refractivity contribution in [2.45, 2.75) is 58.8 Å². The molecule has 0 saturated carbocycles. The van der Waals surface area contributed by atoms with Gasteiger partial charge in [-0.05, 0) is 72.8 Å². The van der Waals surface area contributed by atoms with Crippen LogP contribution < -0.4 is 21.3 Å². The van der Waals surface area contributed by atoms with Gasteiger partial charge >= 0.3 is 0 Å². The maximum Gasteiger partial charge on any atom is 0.251 e. The van der Waals surface area contributed by atoms with Crippen molar-refractivity contribution in [3.8, 4) is 0 Å². The lowest BCUT2D eigenvalue weighted by molar-refractivity contribution is -0.123. The highest BCUT2D eigenvalue weighted by molar-refractivity contribution is 5.97. The molecule has 8 heteroatoms. The second-order valence-corrected chi connectivity index (χ2v) is 10.9. The summed E-state index contributed by atoms with van der Waals surface area (Å²) >= 11 is 0. The van der Waals surface area contributed by atoms with Gasteiger partial charge in [-0.3, -0.25) is 9.59 Å². The van der Waals surface area contributed by atoms with E-state index in [0.717, 1.165) is 47.2 Å². The Morgan fingerprint density at radius 2 is 1.66 bits per heavy atom. The maximum atomic E-state index is 13.5. The molecule has 0 saturated heterocycles. The minimum atomic E-state index is -0.643. The number of hydrogen-bond acceptors (Lipinski definition) is 5. The third-order valence-corrected chi connectivity index (χ3v) is 7.06. The first-order valence-corrected chi connectivity index (χ1v) is 14.5. The number of hydrogen-bond donors (Lipinski definition) is 5. The number of aromatic nitrogens is 2. The van der Waals surface area contributed by atoms with Gasteiger partial charge in [-0.15, -0.1) is 0 Å². The predicted octanol–water partition coefficient (Wildman–Crippen LogP) is 4.85. The average molecular weight is 555 g/mol. The van der Waals surface area contributed by atoms with Crippen molar-refractivity contribution >= 4 is 22.6 Å². The number of aromatic amines is 1. The van der Waals surface area contributed by atoms with E-state index in [9.17, 15) is 9.59 Å². The van der Waals surface area contributed by atoms with Crippen LogP contribution in [0.25, 0.3) is 10.8 Å². The van der Waals surface area contributed by atoms with Crippen molar-refractivity contribution < 1.29 is 9.59 Å². The summed E-state index contributed by atoms with van der Waals surface area (Å²) in [5.41, 5.74) is 2.64. The van der Waals surface area contributed by atoms with E-state index in [1.807, 2.05) is 43.3 Å². The Bertz CT molecular complexity index is 1380. The Balaban J connectivity index is 1.38. The van der Waals surface area contributed by atoms with E-state index in [1.54, 1.807) is 24.5 Å². The second-order valence-electron chi connectivity index (χ2n) is 10.9. The molecule has 0 spiro atoms. The van der Waals surface area contributed by atoms with E-state index in [1.165, 1.54) is 0 Å². The number of carbonyl (C=O) groups excluding carboxylic acids is 2. The zero-order chi connectivity index (χ0) is 29.0. The molecule has 41 heavy (non-hydrogen) atoms. The van der Waals surface area contributed by atoms with E-state index in [2.05, 4.69) is 63.3 Å². The quantitative estimate of drug-likeness (QED) is 0.135. The third kappa shape index (κ3) is 8.99. The number of H-pyrrole nitrogens is 1. The highest BCUT2D eigenvalue weighted by Crippen LogP contribution is 2.24. The van der Waals surface area contributed by atoms with E-state index in [-0.39, 0.29) is 17.9 Å². The molecule has 4 rings (SSSR count). The largest absolute Gasteiger partial charge is 0.348 e. The van der Waals surface area contributed by atoms with Crippen LogP contribution in [0.5, 0.6) is 0 Å². The number of fused-ring (bicyclic) bond motifs is 1. The summed E-state index contributed by atoms with van der Waals surface area (Å²) in [6, 6.07) is 20.9. The van der Waals surface area contributed by atoms with Crippen molar-refractivity contribution in [1.82, 2.24) is 31.2 Å². The minimum absolute atomic E-state index is 0.179. The van der Waals surface area contributed by atoms with Gasteiger partial charge in [-0.25, -0.2) is 4.98 Å². The lowest BCUT2D eigenvalue weighted by Gasteiger charge is -2.23. The number of carbonyl (C=O) groups is 2. The SMILES string of the molecule is CC(C)CNCCC[C@H](NC(=O)c1ccc(CNCc2ncc[nH]2)cc1)C(=O)N[C@@H](C)c1cccc2ccccc12. The number of nitrogens with zero attached hydrogens (tertiary/aromatic N) is 1. The molecule has 0 aliphatic heterocycles. The van der Waals surface area contributed by atoms with Gasteiger partial charge in [0, 0.05) is 24.5 Å². The fourth-order valence-electron chi connectivity index (χ4n) is 4.85. The van der Waals surface area contributed by atoms with Crippen LogP contribution in [0, 0.1) is 5.92 Å². The molecule has 1 heterocycles. The average Bonchev–Trinajstić information content (AvgIpc) is 3.49. The second kappa shape index (κ2) is 15.1. The topological polar surface area (TPSA) is 111 Å². The smallest absolute Gasteiger partial charge is 0.251 e. The summed E-state index contributed by atoms with van der Waals surface area (Å²) in [5.74, 6) is 0.993. The standard InChI is InChI=1S/C33H42N6O2/c1-23(2)20-34-17-7-12-30(33(41)38-24(3)28-11-6-9-26-8-4-5-10-29(26)28)39-32(40)27-15-13-25(14-16-27)21-35-22-31-36-18-19-37-31/h4-6,8-11,13-16,18-19,23-24,30,34-35H,7,12,17,20-22H2,1-3H3,(H,36,37)(H,38,41)(H,39,40)/t24-,30-/m0/s1. The van der Waals surface area contributed by atoms with Crippen molar-refractivity contribution in [2.24, 2.45) is 5.92 Å². The Hall–Kier alpha value is -4.01. The highest BCUT2D eigenvalue weighted by Gasteiger charge is 2.23. The molecule has 0 unspecified atom stereocenters. The molecular weight excluding hydrogens is 512 g/mol. The number of rotatable bonds is 15. The van der Waals surface area contributed by atoms with Gasteiger partial charge in [-0.2, -0.15) is 0 Å². The molecule has 8 nitrogen and oxygen atoms in total. The van der Waals surface area contributed by atoms with E-state index in [4.69, 9.17) is 0 Å². The van der Waals surface area contributed by atoms with Crippen molar-refractivity contribution in [1.29, 1.82) is 0 Å². The van der Waals surface area contributed by atoms with Crippen LogP contribution in [-0.4, -0.2) is 40.9 Å². The molecule has 0 fully saturated rings. The molecule has 2 atom stereocenters. The molecule has 0 aliphatic rings. The molecule has 216 valence electrons. The predicted molar refractivity (Wildman–Crippen MR) is 164 cm³/mol. The summed E-state index contributed by atoms with van der Waals surface area (Å²) in [7, 11) is 0. The molecule has 1 aromatic heterocycles. The molecule has 0 aliphatic carbocycles. The summed E-state index contributed by atoms with van der Waals surface area (Å²) in [6.45, 7) is 9.32. The van der Waals surface area contributed by atoms with Crippen LogP contribution in [0.3, 0.4) is 0 Å². The molecular formula is C33H42N6O2. The third-order valence-electron chi connectivity index (χ3n) is 7.06. The lowest BCUT2D eigenvalue weighted by atomic mass is 9.99. The fraction of sp³-hybridized carbons (Fsp3) is 0.364. The number of benzene rings is 3. The molecule has 3 aromatic carbocycles. The molecule has 0 radical (unpaired) electrons. The fourth-order valence-corrected chi connectivity index (χ4v) is 4.85. The number of amides is 2. The van der Waals surface area contributed by atoms with Crippen LogP contribution in [0.1, 0.15) is 67.0 Å². The first-order valence-electron chi connectivity index (χ1n) is 14.5. The van der Waals surface area contributed by atoms with Gasteiger partial charge in [0.05, 0.1) is 12.6 Å². The monoisotopic (exact) mass is 554 g/mol. The first-order chi connectivity index (χ1) is 19.9. The zero-order valence-electron chi connectivity index (χ0n) is 24.2. The van der Waals surface area contributed by atoms with Gasteiger partial charge in [0.1, 0.15) is 11.9 Å². The van der Waals surface area contributed by atoms with Gasteiger partial charge < -0.3 is 26.3 Å². The number of nitrogens with one attached hydrogen (secondary N) is 5.